The third-order valence-electron chi connectivity index (χ3n) is 4.87. The molecule has 0 radical (unpaired) electrons. The molecule has 0 saturated carbocycles. The van der Waals surface area contributed by atoms with Crippen molar-refractivity contribution in [1.29, 1.82) is 0 Å². The van der Waals surface area contributed by atoms with Crippen molar-refractivity contribution in [2.75, 3.05) is 13.2 Å². The van der Waals surface area contributed by atoms with E-state index >= 15 is 0 Å². The minimum absolute atomic E-state index is 0.0782. The molecule has 1 saturated heterocycles. The Morgan fingerprint density at radius 1 is 1.08 bits per heavy atom. The van der Waals surface area contributed by atoms with E-state index in [1.807, 2.05) is 18.2 Å². The molecule has 1 aliphatic heterocycles. The van der Waals surface area contributed by atoms with E-state index in [9.17, 15) is 0 Å². The maximum atomic E-state index is 6.53. The Bertz CT molecular complexity index is 640. The van der Waals surface area contributed by atoms with Crippen LogP contribution in [0.4, 0.5) is 0 Å². The predicted octanol–water partition coefficient (Wildman–Crippen LogP) is 4.31. The van der Waals surface area contributed by atoms with Gasteiger partial charge in [-0.2, -0.15) is 0 Å². The van der Waals surface area contributed by atoms with Crippen LogP contribution in [0.3, 0.4) is 0 Å². The van der Waals surface area contributed by atoms with Crippen LogP contribution >= 0.6 is 0 Å². The molecular formula is C21H27NO2. The molecule has 24 heavy (non-hydrogen) atoms. The third kappa shape index (κ3) is 3.97. The molecule has 128 valence electrons. The third-order valence-corrected chi connectivity index (χ3v) is 4.87. The summed E-state index contributed by atoms with van der Waals surface area (Å²) in [6.07, 6.45) is 2.09. The Labute approximate surface area is 144 Å². The van der Waals surface area contributed by atoms with Gasteiger partial charge in [0.15, 0.2) is 0 Å². The van der Waals surface area contributed by atoms with Crippen molar-refractivity contribution in [2.24, 2.45) is 11.7 Å². The summed E-state index contributed by atoms with van der Waals surface area (Å²) in [6, 6.07) is 14.7. The Morgan fingerprint density at radius 2 is 1.71 bits per heavy atom. The minimum atomic E-state index is 0.0782. The number of benzene rings is 2. The molecule has 2 aromatic rings. The van der Waals surface area contributed by atoms with Gasteiger partial charge < -0.3 is 15.2 Å². The summed E-state index contributed by atoms with van der Waals surface area (Å²) in [7, 11) is 0. The van der Waals surface area contributed by atoms with E-state index in [-0.39, 0.29) is 6.04 Å². The van der Waals surface area contributed by atoms with Gasteiger partial charge in [-0.05, 0) is 54.9 Å². The molecule has 0 bridgehead atoms. The first kappa shape index (κ1) is 17.0. The van der Waals surface area contributed by atoms with Crippen LogP contribution in [0.1, 0.15) is 41.1 Å². The van der Waals surface area contributed by atoms with Gasteiger partial charge in [0.2, 0.25) is 0 Å². The van der Waals surface area contributed by atoms with E-state index < -0.39 is 0 Å². The highest BCUT2D eigenvalue weighted by atomic mass is 16.5. The summed E-state index contributed by atoms with van der Waals surface area (Å²) in [5, 5.41) is 0. The van der Waals surface area contributed by atoms with Crippen LogP contribution in [0.2, 0.25) is 0 Å². The van der Waals surface area contributed by atoms with E-state index in [1.54, 1.807) is 0 Å². The summed E-state index contributed by atoms with van der Waals surface area (Å²) in [4.78, 5) is 0. The first-order valence-electron chi connectivity index (χ1n) is 8.76. The van der Waals surface area contributed by atoms with Gasteiger partial charge in [-0.3, -0.25) is 0 Å². The average Bonchev–Trinajstić information content (AvgIpc) is 2.62. The highest BCUT2D eigenvalue weighted by Gasteiger charge is 2.23. The van der Waals surface area contributed by atoms with Crippen LogP contribution in [0, 0.1) is 19.8 Å². The number of hydrogen-bond acceptors (Lipinski definition) is 3. The van der Waals surface area contributed by atoms with Crippen molar-refractivity contribution >= 4 is 0 Å². The van der Waals surface area contributed by atoms with E-state index in [4.69, 9.17) is 15.2 Å². The van der Waals surface area contributed by atoms with E-state index in [0.717, 1.165) is 42.9 Å². The molecule has 0 aromatic heterocycles. The van der Waals surface area contributed by atoms with E-state index in [1.165, 1.54) is 11.1 Å². The topological polar surface area (TPSA) is 44.5 Å². The van der Waals surface area contributed by atoms with Crippen molar-refractivity contribution in [3.05, 3.63) is 64.7 Å². The van der Waals surface area contributed by atoms with Crippen molar-refractivity contribution in [1.82, 2.24) is 0 Å². The monoisotopic (exact) mass is 325 g/mol. The van der Waals surface area contributed by atoms with Gasteiger partial charge in [-0.1, -0.05) is 42.5 Å². The fourth-order valence-corrected chi connectivity index (χ4v) is 3.48. The standard InChI is InChI=1S/C21H27NO2/c1-15-12-19(20(22)18-8-10-23-11-9-18)13-16(2)21(15)24-14-17-6-4-3-5-7-17/h3-7,12-13,18,20H,8-11,14,22H2,1-2H3/t20-/m1/s1. The molecule has 0 unspecified atom stereocenters. The smallest absolute Gasteiger partial charge is 0.125 e. The van der Waals surface area contributed by atoms with Crippen LogP contribution < -0.4 is 10.5 Å². The lowest BCUT2D eigenvalue weighted by Crippen LogP contribution is -2.27. The van der Waals surface area contributed by atoms with Crippen molar-refractivity contribution < 1.29 is 9.47 Å². The second-order valence-electron chi connectivity index (χ2n) is 6.73. The van der Waals surface area contributed by atoms with E-state index in [2.05, 4.69) is 38.1 Å². The molecule has 2 N–H and O–H groups in total. The number of rotatable bonds is 5. The first-order valence-corrected chi connectivity index (χ1v) is 8.76. The SMILES string of the molecule is Cc1cc([C@H](N)C2CCOCC2)cc(C)c1OCc1ccccc1. The molecular weight excluding hydrogens is 298 g/mol. The van der Waals surface area contributed by atoms with Crippen LogP contribution in [0.5, 0.6) is 5.75 Å². The number of aryl methyl sites for hydroxylation is 2. The lowest BCUT2D eigenvalue weighted by Gasteiger charge is -2.28. The normalized spacial score (nSPS) is 16.8. The second kappa shape index (κ2) is 7.82. The molecule has 0 spiro atoms. The van der Waals surface area contributed by atoms with Gasteiger partial charge >= 0.3 is 0 Å². The highest BCUT2D eigenvalue weighted by molar-refractivity contribution is 5.44. The van der Waals surface area contributed by atoms with Crippen molar-refractivity contribution in [3.63, 3.8) is 0 Å². The first-order chi connectivity index (χ1) is 11.6. The molecule has 1 heterocycles. The van der Waals surface area contributed by atoms with Crippen molar-refractivity contribution in [3.8, 4) is 5.75 Å². The zero-order valence-corrected chi connectivity index (χ0v) is 14.6. The zero-order chi connectivity index (χ0) is 16.9. The van der Waals surface area contributed by atoms with Gasteiger partial charge in [-0.15, -0.1) is 0 Å². The van der Waals surface area contributed by atoms with E-state index in [0.29, 0.717) is 12.5 Å². The molecule has 3 heteroatoms. The van der Waals surface area contributed by atoms with Crippen LogP contribution in [-0.2, 0) is 11.3 Å². The number of ether oxygens (including phenoxy) is 2. The second-order valence-corrected chi connectivity index (χ2v) is 6.73. The maximum Gasteiger partial charge on any atom is 0.125 e. The highest BCUT2D eigenvalue weighted by Crippen LogP contribution is 2.33. The van der Waals surface area contributed by atoms with Gasteiger partial charge in [0.05, 0.1) is 0 Å². The Kier molecular flexibility index (Phi) is 5.54. The average molecular weight is 325 g/mol. The number of nitrogens with two attached hydrogens (primary N) is 1. The van der Waals surface area contributed by atoms with Crippen molar-refractivity contribution in [2.45, 2.75) is 39.3 Å². The quantitative estimate of drug-likeness (QED) is 0.891. The maximum absolute atomic E-state index is 6.53. The fraction of sp³-hybridized carbons (Fsp3) is 0.429. The van der Waals surface area contributed by atoms with Gasteiger partial charge in [0.25, 0.3) is 0 Å². The van der Waals surface area contributed by atoms with Gasteiger partial charge in [0, 0.05) is 19.3 Å². The summed E-state index contributed by atoms with van der Waals surface area (Å²) >= 11 is 0. The molecule has 3 rings (SSSR count). The summed E-state index contributed by atoms with van der Waals surface area (Å²) in [6.45, 7) is 6.46. The Hall–Kier alpha value is -1.84. The van der Waals surface area contributed by atoms with Gasteiger partial charge in [0.1, 0.15) is 12.4 Å². The lowest BCUT2D eigenvalue weighted by atomic mass is 9.86. The lowest BCUT2D eigenvalue weighted by molar-refractivity contribution is 0.0583. The Morgan fingerprint density at radius 3 is 2.33 bits per heavy atom. The molecule has 0 aliphatic carbocycles. The largest absolute Gasteiger partial charge is 0.488 e. The minimum Gasteiger partial charge on any atom is -0.488 e. The molecule has 2 aromatic carbocycles. The number of hydrogen-bond donors (Lipinski definition) is 1. The van der Waals surface area contributed by atoms with Gasteiger partial charge in [-0.25, -0.2) is 0 Å². The van der Waals surface area contributed by atoms with Crippen LogP contribution in [0.15, 0.2) is 42.5 Å². The molecule has 0 amide bonds. The molecule has 1 aliphatic rings. The summed E-state index contributed by atoms with van der Waals surface area (Å²) in [5.74, 6) is 1.48. The molecule has 3 nitrogen and oxygen atoms in total. The van der Waals surface area contributed by atoms with Crippen LogP contribution in [0.25, 0.3) is 0 Å². The van der Waals surface area contributed by atoms with Crippen LogP contribution in [-0.4, -0.2) is 13.2 Å². The summed E-state index contributed by atoms with van der Waals surface area (Å²) in [5.41, 5.74) is 11.2. The molecule has 1 fully saturated rings. The summed E-state index contributed by atoms with van der Waals surface area (Å²) < 4.78 is 11.5. The molecule has 1 atom stereocenters. The fourth-order valence-electron chi connectivity index (χ4n) is 3.48. The predicted molar refractivity (Wildman–Crippen MR) is 97.2 cm³/mol. The zero-order valence-electron chi connectivity index (χ0n) is 14.6. The Balaban J connectivity index is 1.73.